The van der Waals surface area contributed by atoms with Gasteiger partial charge in [0.2, 0.25) is 0 Å². The third kappa shape index (κ3) is 4.27. The predicted octanol–water partition coefficient (Wildman–Crippen LogP) is 1.49. The lowest BCUT2D eigenvalue weighted by Crippen LogP contribution is -2.50. The number of hydrogen-bond donors (Lipinski definition) is 1. The van der Waals surface area contributed by atoms with Gasteiger partial charge in [-0.1, -0.05) is 6.07 Å². The molecule has 0 saturated carbocycles. The van der Waals surface area contributed by atoms with E-state index < -0.39 is 9.84 Å². The first kappa shape index (κ1) is 16.0. The second-order valence-corrected chi connectivity index (χ2v) is 7.71. The van der Waals surface area contributed by atoms with Gasteiger partial charge in [0.15, 0.2) is 9.84 Å². The Labute approximate surface area is 125 Å². The molecule has 1 N–H and O–H groups in total. The van der Waals surface area contributed by atoms with Gasteiger partial charge in [-0.2, -0.15) is 5.26 Å². The maximum absolute atomic E-state index is 12.3. The maximum atomic E-state index is 12.3. The fraction of sp³-hybridized carbons (Fsp3) is 0.533. The van der Waals surface area contributed by atoms with Crippen molar-refractivity contribution in [3.05, 3.63) is 29.8 Å². The predicted molar refractivity (Wildman–Crippen MR) is 79.7 cm³/mol. The number of benzene rings is 1. The fourth-order valence-corrected chi connectivity index (χ4v) is 3.64. The van der Waals surface area contributed by atoms with Crippen LogP contribution in [-0.4, -0.2) is 39.5 Å². The van der Waals surface area contributed by atoms with E-state index in [2.05, 4.69) is 12.2 Å². The molecule has 0 aromatic heterocycles. The lowest BCUT2D eigenvalue weighted by Gasteiger charge is -2.34. The van der Waals surface area contributed by atoms with Crippen LogP contribution in [0.2, 0.25) is 0 Å². The second kappa shape index (κ2) is 6.56. The lowest BCUT2D eigenvalue weighted by atomic mass is 9.95. The first-order chi connectivity index (χ1) is 9.95. The molecule has 1 unspecified atom stereocenters. The van der Waals surface area contributed by atoms with Crippen molar-refractivity contribution in [1.82, 2.24) is 5.32 Å². The summed E-state index contributed by atoms with van der Waals surface area (Å²) in [5, 5.41) is 12.1. The van der Waals surface area contributed by atoms with E-state index in [1.807, 2.05) is 6.07 Å². The number of nitrogens with zero attached hydrogens (tertiary/aromatic N) is 1. The zero-order valence-electron chi connectivity index (χ0n) is 12.1. The molecule has 0 bridgehead atoms. The largest absolute Gasteiger partial charge is 0.380 e. The van der Waals surface area contributed by atoms with Crippen molar-refractivity contribution in [2.45, 2.75) is 30.2 Å². The Bertz CT molecular complexity index is 629. The molecular weight excluding hydrogens is 288 g/mol. The van der Waals surface area contributed by atoms with Crippen LogP contribution in [0.25, 0.3) is 0 Å². The molecule has 2 rings (SSSR count). The monoisotopic (exact) mass is 308 g/mol. The van der Waals surface area contributed by atoms with E-state index >= 15 is 0 Å². The quantitative estimate of drug-likeness (QED) is 0.891. The van der Waals surface area contributed by atoms with E-state index in [-0.39, 0.29) is 16.2 Å². The molecule has 1 atom stereocenters. The highest BCUT2D eigenvalue weighted by molar-refractivity contribution is 7.91. The summed E-state index contributed by atoms with van der Waals surface area (Å²) in [5.41, 5.74) is 0.208. The number of rotatable bonds is 5. The Balaban J connectivity index is 1.96. The van der Waals surface area contributed by atoms with Crippen molar-refractivity contribution in [3.8, 4) is 6.07 Å². The Kier molecular flexibility index (Phi) is 4.99. The van der Waals surface area contributed by atoms with Crippen LogP contribution >= 0.6 is 0 Å². The number of ether oxygens (including phenoxy) is 1. The minimum absolute atomic E-state index is 0.0114. The first-order valence-corrected chi connectivity index (χ1v) is 8.66. The molecule has 1 heterocycles. The van der Waals surface area contributed by atoms with Gasteiger partial charge >= 0.3 is 0 Å². The van der Waals surface area contributed by atoms with Gasteiger partial charge < -0.3 is 10.1 Å². The minimum atomic E-state index is -3.37. The molecular formula is C15H20N2O3S. The summed E-state index contributed by atoms with van der Waals surface area (Å²) in [5.74, 6) is 0.0114. The fourth-order valence-electron chi connectivity index (χ4n) is 2.44. The van der Waals surface area contributed by atoms with E-state index in [4.69, 9.17) is 10.00 Å². The Morgan fingerprint density at radius 2 is 2.29 bits per heavy atom. The molecule has 6 heteroatoms. The summed E-state index contributed by atoms with van der Waals surface area (Å²) in [7, 11) is -3.37. The average Bonchev–Trinajstić information content (AvgIpc) is 2.47. The van der Waals surface area contributed by atoms with Crippen molar-refractivity contribution in [1.29, 1.82) is 5.26 Å². The molecule has 1 saturated heterocycles. The Morgan fingerprint density at radius 1 is 1.48 bits per heavy atom. The first-order valence-electron chi connectivity index (χ1n) is 7.01. The van der Waals surface area contributed by atoms with Crippen LogP contribution in [0.5, 0.6) is 0 Å². The van der Waals surface area contributed by atoms with Crippen LogP contribution in [0.15, 0.2) is 29.2 Å². The summed E-state index contributed by atoms with van der Waals surface area (Å²) in [6.07, 6.45) is 1.97. The van der Waals surface area contributed by atoms with E-state index in [1.165, 1.54) is 12.1 Å². The number of nitriles is 1. The average molecular weight is 308 g/mol. The number of nitrogens with one attached hydrogen (secondary N) is 1. The molecule has 1 aliphatic rings. The summed E-state index contributed by atoms with van der Waals surface area (Å²) in [4.78, 5) is 0.202. The van der Waals surface area contributed by atoms with Crippen LogP contribution in [0, 0.1) is 11.3 Å². The van der Waals surface area contributed by atoms with Gasteiger partial charge in [0.05, 0.1) is 28.9 Å². The minimum Gasteiger partial charge on any atom is -0.380 e. The lowest BCUT2D eigenvalue weighted by molar-refractivity contribution is 0.0295. The molecule has 21 heavy (non-hydrogen) atoms. The standard InChI is InChI=1S/C15H20N2O3S/c1-15(6-3-8-20-12-15)17-7-9-21(18,19)14-5-2-4-13(10-14)11-16/h2,4-5,10,17H,3,6-9,12H2,1H3. The molecule has 1 aromatic rings. The van der Waals surface area contributed by atoms with Gasteiger partial charge in [0, 0.05) is 18.7 Å². The second-order valence-electron chi connectivity index (χ2n) is 5.60. The highest BCUT2D eigenvalue weighted by Crippen LogP contribution is 2.18. The summed E-state index contributed by atoms with van der Waals surface area (Å²) >= 11 is 0. The molecule has 0 aliphatic carbocycles. The van der Waals surface area contributed by atoms with Crippen LogP contribution in [0.4, 0.5) is 0 Å². The Hall–Kier alpha value is -1.42. The van der Waals surface area contributed by atoms with Gasteiger partial charge in [-0.15, -0.1) is 0 Å². The number of sulfone groups is 1. The molecule has 1 aromatic carbocycles. The zero-order chi connectivity index (χ0) is 15.3. The van der Waals surface area contributed by atoms with Crippen LogP contribution in [0.3, 0.4) is 0 Å². The molecule has 0 amide bonds. The van der Waals surface area contributed by atoms with Crippen molar-refractivity contribution in [3.63, 3.8) is 0 Å². The van der Waals surface area contributed by atoms with Crippen molar-refractivity contribution in [2.24, 2.45) is 0 Å². The van der Waals surface area contributed by atoms with Crippen LogP contribution in [-0.2, 0) is 14.6 Å². The summed E-state index contributed by atoms with van der Waals surface area (Å²) < 4.78 is 30.0. The van der Waals surface area contributed by atoms with Crippen molar-refractivity contribution < 1.29 is 13.2 Å². The van der Waals surface area contributed by atoms with E-state index in [1.54, 1.807) is 12.1 Å². The van der Waals surface area contributed by atoms with Crippen LogP contribution in [0.1, 0.15) is 25.3 Å². The molecule has 5 nitrogen and oxygen atoms in total. The normalized spacial score (nSPS) is 22.7. The van der Waals surface area contributed by atoms with Crippen molar-refractivity contribution >= 4 is 9.84 Å². The smallest absolute Gasteiger partial charge is 0.179 e. The molecule has 0 radical (unpaired) electrons. The molecule has 1 fully saturated rings. The van der Waals surface area contributed by atoms with Gasteiger partial charge in [-0.25, -0.2) is 8.42 Å². The van der Waals surface area contributed by atoms with Crippen molar-refractivity contribution in [2.75, 3.05) is 25.5 Å². The van der Waals surface area contributed by atoms with Gasteiger partial charge in [0.1, 0.15) is 0 Å². The Morgan fingerprint density at radius 3 is 2.95 bits per heavy atom. The van der Waals surface area contributed by atoms with Gasteiger partial charge in [0.25, 0.3) is 0 Å². The third-order valence-electron chi connectivity index (χ3n) is 3.68. The highest BCUT2D eigenvalue weighted by atomic mass is 32.2. The maximum Gasteiger partial charge on any atom is 0.179 e. The van der Waals surface area contributed by atoms with Gasteiger partial charge in [-0.3, -0.25) is 0 Å². The highest BCUT2D eigenvalue weighted by Gasteiger charge is 2.27. The van der Waals surface area contributed by atoms with E-state index in [0.717, 1.165) is 19.4 Å². The van der Waals surface area contributed by atoms with Gasteiger partial charge in [-0.05, 0) is 38.0 Å². The molecule has 0 spiro atoms. The zero-order valence-corrected chi connectivity index (χ0v) is 12.9. The molecule has 114 valence electrons. The third-order valence-corrected chi connectivity index (χ3v) is 5.40. The topological polar surface area (TPSA) is 79.2 Å². The van der Waals surface area contributed by atoms with E-state index in [0.29, 0.717) is 18.7 Å². The number of hydrogen-bond acceptors (Lipinski definition) is 5. The molecule has 1 aliphatic heterocycles. The summed E-state index contributed by atoms with van der Waals surface area (Å²) in [6.45, 7) is 3.81. The summed E-state index contributed by atoms with van der Waals surface area (Å²) in [6, 6.07) is 8.09. The van der Waals surface area contributed by atoms with E-state index in [9.17, 15) is 8.42 Å². The SMILES string of the molecule is CC1(NCCS(=O)(=O)c2cccc(C#N)c2)CCCOC1. The van der Waals surface area contributed by atoms with Crippen LogP contribution < -0.4 is 5.32 Å².